The molecular formula is C19H13NO3. The molecule has 4 rings (SSSR count). The standard InChI is InChI=1S/C19H13NO3/c21-18-15-9-5-4-8-14(15)17(16-10-11-22-19(16)18)20-23-12-13-6-2-1-3-7-13/h1-11H,12H2/b20-17-. The number of benzene rings is 2. The van der Waals surface area contributed by atoms with Crippen LogP contribution in [0.2, 0.25) is 0 Å². The molecule has 0 spiro atoms. The summed E-state index contributed by atoms with van der Waals surface area (Å²) in [5, 5.41) is 4.27. The number of carbonyl (C=O) groups is 1. The normalized spacial score (nSPS) is 14.4. The molecule has 4 nitrogen and oxygen atoms in total. The second-order valence-electron chi connectivity index (χ2n) is 5.24. The second kappa shape index (κ2) is 5.57. The van der Waals surface area contributed by atoms with Crippen LogP contribution in [0.15, 0.2) is 76.5 Å². The number of nitrogens with zero attached hydrogens (tertiary/aromatic N) is 1. The lowest BCUT2D eigenvalue weighted by molar-refractivity contribution is 0.101. The van der Waals surface area contributed by atoms with Crippen LogP contribution in [0.25, 0.3) is 0 Å². The number of oxime groups is 1. The number of hydrogen-bond acceptors (Lipinski definition) is 4. The average molecular weight is 303 g/mol. The SMILES string of the molecule is O=C1c2ccccc2/C(=N/OCc2ccccc2)c2ccoc21. The minimum atomic E-state index is -0.123. The van der Waals surface area contributed by atoms with E-state index in [-0.39, 0.29) is 5.78 Å². The lowest BCUT2D eigenvalue weighted by atomic mass is 9.88. The molecule has 0 saturated carbocycles. The summed E-state index contributed by atoms with van der Waals surface area (Å²) >= 11 is 0. The van der Waals surface area contributed by atoms with E-state index in [0.717, 1.165) is 11.1 Å². The zero-order chi connectivity index (χ0) is 15.6. The van der Waals surface area contributed by atoms with Crippen molar-refractivity contribution in [2.45, 2.75) is 6.61 Å². The van der Waals surface area contributed by atoms with Gasteiger partial charge >= 0.3 is 0 Å². The Kier molecular flexibility index (Phi) is 3.27. The van der Waals surface area contributed by atoms with E-state index in [1.807, 2.05) is 48.5 Å². The molecule has 0 bridgehead atoms. The van der Waals surface area contributed by atoms with E-state index in [0.29, 0.717) is 29.2 Å². The molecule has 1 aliphatic rings. The summed E-state index contributed by atoms with van der Waals surface area (Å²) in [5.41, 5.74) is 3.67. The number of fused-ring (bicyclic) bond motifs is 2. The molecule has 3 aromatic rings. The number of furan rings is 1. The summed E-state index contributed by atoms with van der Waals surface area (Å²) in [6.45, 7) is 0.369. The first-order chi connectivity index (χ1) is 11.3. The fourth-order valence-electron chi connectivity index (χ4n) is 2.67. The summed E-state index contributed by atoms with van der Waals surface area (Å²) in [5.74, 6) is 0.188. The number of carbonyl (C=O) groups excluding carboxylic acids is 1. The number of ketones is 1. The van der Waals surface area contributed by atoms with Crippen LogP contribution in [-0.2, 0) is 11.4 Å². The minimum absolute atomic E-state index is 0.123. The molecule has 0 aliphatic heterocycles. The Morgan fingerprint density at radius 2 is 1.61 bits per heavy atom. The molecule has 2 aromatic carbocycles. The predicted molar refractivity (Wildman–Crippen MR) is 85.5 cm³/mol. The maximum atomic E-state index is 12.4. The van der Waals surface area contributed by atoms with Crippen molar-refractivity contribution in [1.29, 1.82) is 0 Å². The fraction of sp³-hybridized carbons (Fsp3) is 0.0526. The lowest BCUT2D eigenvalue weighted by Crippen LogP contribution is -2.20. The van der Waals surface area contributed by atoms with Crippen molar-refractivity contribution in [3.05, 3.63) is 94.9 Å². The van der Waals surface area contributed by atoms with Gasteiger partial charge in [0.15, 0.2) is 5.76 Å². The third-order valence-electron chi connectivity index (χ3n) is 3.78. The zero-order valence-electron chi connectivity index (χ0n) is 12.2. The highest BCUT2D eigenvalue weighted by molar-refractivity contribution is 6.28. The predicted octanol–water partition coefficient (Wildman–Crippen LogP) is 3.79. The molecule has 1 aromatic heterocycles. The Morgan fingerprint density at radius 1 is 0.870 bits per heavy atom. The van der Waals surface area contributed by atoms with Crippen LogP contribution in [0.4, 0.5) is 0 Å². The zero-order valence-corrected chi connectivity index (χ0v) is 12.2. The highest BCUT2D eigenvalue weighted by Gasteiger charge is 2.31. The Morgan fingerprint density at radius 3 is 2.43 bits per heavy atom. The van der Waals surface area contributed by atoms with E-state index in [1.54, 1.807) is 12.1 Å². The van der Waals surface area contributed by atoms with Crippen molar-refractivity contribution in [1.82, 2.24) is 0 Å². The topological polar surface area (TPSA) is 51.8 Å². The minimum Gasteiger partial charge on any atom is -0.460 e. The van der Waals surface area contributed by atoms with Crippen molar-refractivity contribution in [3.8, 4) is 0 Å². The molecule has 0 fully saturated rings. The van der Waals surface area contributed by atoms with Gasteiger partial charge in [-0.05, 0) is 11.6 Å². The largest absolute Gasteiger partial charge is 0.460 e. The van der Waals surface area contributed by atoms with Gasteiger partial charge in [0.25, 0.3) is 0 Å². The van der Waals surface area contributed by atoms with Gasteiger partial charge in [-0.1, -0.05) is 59.8 Å². The van der Waals surface area contributed by atoms with Crippen molar-refractivity contribution < 1.29 is 14.0 Å². The quantitative estimate of drug-likeness (QED) is 0.541. The molecular weight excluding hydrogens is 290 g/mol. The monoisotopic (exact) mass is 303 g/mol. The Labute approximate surface area is 133 Å². The molecule has 4 heteroatoms. The third-order valence-corrected chi connectivity index (χ3v) is 3.78. The Balaban J connectivity index is 1.70. The van der Waals surface area contributed by atoms with Gasteiger partial charge in [-0.2, -0.15) is 0 Å². The van der Waals surface area contributed by atoms with Gasteiger partial charge in [-0.3, -0.25) is 4.79 Å². The molecule has 0 amide bonds. The molecule has 23 heavy (non-hydrogen) atoms. The van der Waals surface area contributed by atoms with Gasteiger partial charge in [0.05, 0.1) is 11.8 Å². The highest BCUT2D eigenvalue weighted by Crippen LogP contribution is 2.28. The summed E-state index contributed by atoms with van der Waals surface area (Å²) in [6.07, 6.45) is 1.50. The summed E-state index contributed by atoms with van der Waals surface area (Å²) in [7, 11) is 0. The fourth-order valence-corrected chi connectivity index (χ4v) is 2.67. The molecule has 0 atom stereocenters. The molecule has 112 valence electrons. The van der Waals surface area contributed by atoms with Gasteiger partial charge in [0.2, 0.25) is 5.78 Å². The van der Waals surface area contributed by atoms with Gasteiger partial charge in [-0.15, -0.1) is 0 Å². The van der Waals surface area contributed by atoms with Crippen molar-refractivity contribution in [2.75, 3.05) is 0 Å². The first kappa shape index (κ1) is 13.5. The van der Waals surface area contributed by atoms with Crippen LogP contribution in [0.1, 0.15) is 32.8 Å². The third kappa shape index (κ3) is 2.34. The Hall–Kier alpha value is -3.14. The van der Waals surface area contributed by atoms with Crippen LogP contribution < -0.4 is 0 Å². The lowest BCUT2D eigenvalue weighted by Gasteiger charge is -2.15. The molecule has 0 N–H and O–H groups in total. The smallest absolute Gasteiger partial charge is 0.229 e. The van der Waals surface area contributed by atoms with E-state index in [2.05, 4.69) is 5.16 Å². The number of hydrogen-bond donors (Lipinski definition) is 0. The van der Waals surface area contributed by atoms with Gasteiger partial charge in [0, 0.05) is 11.1 Å². The molecule has 1 heterocycles. The van der Waals surface area contributed by atoms with Crippen molar-refractivity contribution >= 4 is 11.5 Å². The van der Waals surface area contributed by atoms with Crippen LogP contribution in [0, 0.1) is 0 Å². The highest BCUT2D eigenvalue weighted by atomic mass is 16.6. The van der Waals surface area contributed by atoms with Gasteiger partial charge in [-0.25, -0.2) is 0 Å². The Bertz CT molecular complexity index is 894. The van der Waals surface area contributed by atoms with Gasteiger partial charge in [0.1, 0.15) is 12.3 Å². The van der Waals surface area contributed by atoms with E-state index >= 15 is 0 Å². The first-order valence-corrected chi connectivity index (χ1v) is 7.30. The molecule has 0 unspecified atom stereocenters. The maximum Gasteiger partial charge on any atom is 0.229 e. The van der Waals surface area contributed by atoms with Crippen LogP contribution >= 0.6 is 0 Å². The van der Waals surface area contributed by atoms with Crippen molar-refractivity contribution in [2.24, 2.45) is 5.16 Å². The molecule has 1 aliphatic carbocycles. The summed E-state index contributed by atoms with van der Waals surface area (Å²) < 4.78 is 5.33. The van der Waals surface area contributed by atoms with E-state index in [4.69, 9.17) is 9.25 Å². The van der Waals surface area contributed by atoms with Crippen LogP contribution in [0.5, 0.6) is 0 Å². The van der Waals surface area contributed by atoms with E-state index in [9.17, 15) is 4.79 Å². The first-order valence-electron chi connectivity index (χ1n) is 7.30. The average Bonchev–Trinajstić information content (AvgIpc) is 3.09. The summed E-state index contributed by atoms with van der Waals surface area (Å²) in [4.78, 5) is 17.9. The molecule has 0 saturated heterocycles. The molecule has 0 radical (unpaired) electrons. The van der Waals surface area contributed by atoms with Crippen LogP contribution in [-0.4, -0.2) is 11.5 Å². The van der Waals surface area contributed by atoms with E-state index in [1.165, 1.54) is 6.26 Å². The summed E-state index contributed by atoms with van der Waals surface area (Å²) in [6, 6.07) is 18.9. The van der Waals surface area contributed by atoms with E-state index < -0.39 is 0 Å². The van der Waals surface area contributed by atoms with Crippen LogP contribution in [0.3, 0.4) is 0 Å². The van der Waals surface area contributed by atoms with Crippen molar-refractivity contribution in [3.63, 3.8) is 0 Å². The second-order valence-corrected chi connectivity index (χ2v) is 5.24. The maximum absolute atomic E-state index is 12.4. The van der Waals surface area contributed by atoms with Gasteiger partial charge < -0.3 is 9.25 Å². The number of rotatable bonds is 3.